The number of carbonyl (C=O) groups is 3. The molecule has 1 saturated heterocycles. The Labute approximate surface area is 295 Å². The van der Waals surface area contributed by atoms with E-state index in [-0.39, 0.29) is 17.6 Å². The SMILES string of the molecule is COc1ccc(C2=C(c3ccc(OC)cc3)[C@]3(c4ccccc4)C(=O)[C@]2(c2ccccc2)[C@@H]2C(=O)N(c4cccc5ccccc45)C(=O)[C@@H]23)cc1. The number of hydrogen-bond donors (Lipinski definition) is 0. The molecule has 51 heavy (non-hydrogen) atoms. The van der Waals surface area contributed by atoms with Gasteiger partial charge in [0.05, 0.1) is 42.6 Å². The highest BCUT2D eigenvalue weighted by Crippen LogP contribution is 2.74. The molecule has 1 saturated carbocycles. The fraction of sp³-hybridized carbons (Fsp3) is 0.133. The fourth-order valence-electron chi connectivity index (χ4n) is 9.28. The standard InChI is InChI=1S/C45H33NO5/c1-50-33-24-20-29(21-25-33)37-38(30-22-26-34(51-2)27-23-30)45(32-16-7-4-8-17-32)40-39(44(37,43(45)49)31-14-5-3-6-15-31)41(47)46(42(40)48)36-19-11-13-28-12-9-10-18-35(28)36/h3-27,39-40H,1-2H3/t39-,40+,44-,45-/m0/s1. The third-order valence-electron chi connectivity index (χ3n) is 11.2. The van der Waals surface area contributed by atoms with Crippen LogP contribution in [0.2, 0.25) is 0 Å². The number of nitrogens with zero attached hydrogens (tertiary/aromatic N) is 1. The number of ketones is 1. The van der Waals surface area contributed by atoms with E-state index in [1.165, 1.54) is 4.90 Å². The predicted octanol–water partition coefficient (Wildman–Crippen LogP) is 8.05. The van der Waals surface area contributed by atoms with Crippen LogP contribution in [0.3, 0.4) is 0 Å². The van der Waals surface area contributed by atoms with Crippen molar-refractivity contribution in [1.82, 2.24) is 0 Å². The highest BCUT2D eigenvalue weighted by molar-refractivity contribution is 6.39. The van der Waals surface area contributed by atoms with Crippen LogP contribution in [0.25, 0.3) is 21.9 Å². The molecule has 0 unspecified atom stereocenters. The lowest BCUT2D eigenvalue weighted by Crippen LogP contribution is -2.45. The summed E-state index contributed by atoms with van der Waals surface area (Å²) in [6, 6.07) is 47.8. The average molecular weight is 668 g/mol. The van der Waals surface area contributed by atoms with Crippen molar-refractivity contribution in [2.75, 3.05) is 19.1 Å². The lowest BCUT2D eigenvalue weighted by molar-refractivity contribution is -0.130. The van der Waals surface area contributed by atoms with Gasteiger partial charge in [0.1, 0.15) is 11.5 Å². The van der Waals surface area contributed by atoms with Crippen LogP contribution in [0.1, 0.15) is 22.3 Å². The van der Waals surface area contributed by atoms with E-state index in [0.29, 0.717) is 28.3 Å². The zero-order valence-electron chi connectivity index (χ0n) is 28.1. The third-order valence-corrected chi connectivity index (χ3v) is 11.2. The first kappa shape index (κ1) is 30.8. The number of anilines is 1. The number of imide groups is 1. The topological polar surface area (TPSA) is 72.9 Å². The predicted molar refractivity (Wildman–Crippen MR) is 197 cm³/mol. The second-order valence-electron chi connectivity index (χ2n) is 13.3. The van der Waals surface area contributed by atoms with E-state index in [1.807, 2.05) is 152 Å². The van der Waals surface area contributed by atoms with Crippen molar-refractivity contribution in [2.24, 2.45) is 11.8 Å². The molecular formula is C45H33NO5. The summed E-state index contributed by atoms with van der Waals surface area (Å²) in [5, 5.41) is 1.71. The van der Waals surface area contributed by atoms with Crippen LogP contribution in [0, 0.1) is 11.8 Å². The monoisotopic (exact) mass is 667 g/mol. The summed E-state index contributed by atoms with van der Waals surface area (Å²) in [5.74, 6) is -1.63. The smallest absolute Gasteiger partial charge is 0.239 e. The molecule has 248 valence electrons. The van der Waals surface area contributed by atoms with Gasteiger partial charge in [0.25, 0.3) is 0 Å². The number of carbonyl (C=O) groups excluding carboxylic acids is 3. The molecule has 4 atom stereocenters. The van der Waals surface area contributed by atoms with Crippen LogP contribution in [-0.4, -0.2) is 31.8 Å². The van der Waals surface area contributed by atoms with Crippen LogP contribution in [0.15, 0.2) is 152 Å². The molecule has 9 rings (SSSR count). The van der Waals surface area contributed by atoms with E-state index in [0.717, 1.165) is 33.0 Å². The first-order valence-electron chi connectivity index (χ1n) is 17.0. The maximum Gasteiger partial charge on any atom is 0.239 e. The maximum absolute atomic E-state index is 16.2. The Morgan fingerprint density at radius 1 is 0.490 bits per heavy atom. The van der Waals surface area contributed by atoms with Gasteiger partial charge in [0.15, 0.2) is 5.78 Å². The molecule has 6 heteroatoms. The summed E-state index contributed by atoms with van der Waals surface area (Å²) in [6.45, 7) is 0. The summed E-state index contributed by atoms with van der Waals surface area (Å²) < 4.78 is 11.1. The second-order valence-corrected chi connectivity index (χ2v) is 13.3. The van der Waals surface area contributed by atoms with Crippen molar-refractivity contribution in [3.8, 4) is 11.5 Å². The number of rotatable bonds is 7. The van der Waals surface area contributed by atoms with Crippen LogP contribution < -0.4 is 14.4 Å². The second kappa shape index (κ2) is 11.4. The first-order valence-corrected chi connectivity index (χ1v) is 17.0. The summed E-state index contributed by atoms with van der Waals surface area (Å²) in [7, 11) is 3.23. The summed E-state index contributed by atoms with van der Waals surface area (Å²) >= 11 is 0. The number of fused-ring (bicyclic) bond motifs is 6. The average Bonchev–Trinajstić information content (AvgIpc) is 3.70. The van der Waals surface area contributed by atoms with E-state index in [2.05, 4.69) is 0 Å². The number of amides is 2. The first-order chi connectivity index (χ1) is 25.0. The van der Waals surface area contributed by atoms with Crippen molar-refractivity contribution in [3.05, 3.63) is 174 Å². The van der Waals surface area contributed by atoms with Crippen LogP contribution in [-0.2, 0) is 25.2 Å². The Kier molecular flexibility index (Phi) is 6.87. The maximum atomic E-state index is 16.2. The van der Waals surface area contributed by atoms with Gasteiger partial charge < -0.3 is 9.47 Å². The zero-order valence-corrected chi connectivity index (χ0v) is 28.1. The Morgan fingerprint density at radius 2 is 0.922 bits per heavy atom. The summed E-state index contributed by atoms with van der Waals surface area (Å²) in [4.78, 5) is 48.4. The zero-order chi connectivity index (χ0) is 34.9. The van der Waals surface area contributed by atoms with E-state index < -0.39 is 22.7 Å². The number of hydrogen-bond acceptors (Lipinski definition) is 5. The van der Waals surface area contributed by atoms with E-state index in [4.69, 9.17) is 9.47 Å². The van der Waals surface area contributed by atoms with Crippen molar-refractivity contribution in [1.29, 1.82) is 0 Å². The molecule has 0 N–H and O–H groups in total. The molecule has 6 aromatic rings. The van der Waals surface area contributed by atoms with Gasteiger partial charge in [-0.05, 0) is 69.1 Å². The number of ether oxygens (including phenoxy) is 2. The molecule has 2 bridgehead atoms. The molecule has 2 amide bonds. The van der Waals surface area contributed by atoms with Gasteiger partial charge in [-0.1, -0.05) is 121 Å². The lowest BCUT2D eigenvalue weighted by atomic mass is 9.59. The molecule has 6 aromatic carbocycles. The number of benzene rings is 6. The Bertz CT molecular complexity index is 2270. The van der Waals surface area contributed by atoms with E-state index in [1.54, 1.807) is 14.2 Å². The summed E-state index contributed by atoms with van der Waals surface area (Å²) in [5.41, 5.74) is 1.87. The van der Waals surface area contributed by atoms with Crippen LogP contribution in [0.4, 0.5) is 5.69 Å². The van der Waals surface area contributed by atoms with Gasteiger partial charge in [-0.15, -0.1) is 0 Å². The van der Waals surface area contributed by atoms with Crippen molar-refractivity contribution >= 4 is 45.2 Å². The Hall–Kier alpha value is -6.27. The Morgan fingerprint density at radius 3 is 1.39 bits per heavy atom. The number of methoxy groups -OCH3 is 2. The highest BCUT2D eigenvalue weighted by Gasteiger charge is 2.82. The van der Waals surface area contributed by atoms with Gasteiger partial charge in [-0.3, -0.25) is 14.4 Å². The quantitative estimate of drug-likeness (QED) is 0.161. The normalized spacial score (nSPS) is 23.6. The fourth-order valence-corrected chi connectivity index (χ4v) is 9.28. The lowest BCUT2D eigenvalue weighted by Gasteiger charge is -2.39. The minimum absolute atomic E-state index is 0.168. The van der Waals surface area contributed by atoms with Gasteiger partial charge in [0, 0.05) is 5.39 Å². The molecule has 0 aromatic heterocycles. The largest absolute Gasteiger partial charge is 0.497 e. The molecule has 0 spiro atoms. The van der Waals surface area contributed by atoms with Crippen molar-refractivity contribution in [2.45, 2.75) is 10.8 Å². The number of Topliss-reactive ketones (excluding diaryl/α,β-unsaturated/α-hetero) is 1. The third kappa shape index (κ3) is 3.96. The van der Waals surface area contributed by atoms with Crippen molar-refractivity contribution < 1.29 is 23.9 Å². The van der Waals surface area contributed by atoms with Crippen LogP contribution in [0.5, 0.6) is 11.5 Å². The van der Waals surface area contributed by atoms with Gasteiger partial charge in [-0.25, -0.2) is 4.90 Å². The Balaban J connectivity index is 1.44. The van der Waals surface area contributed by atoms with Crippen molar-refractivity contribution in [3.63, 3.8) is 0 Å². The molecule has 2 aliphatic carbocycles. The van der Waals surface area contributed by atoms with Crippen LogP contribution >= 0.6 is 0 Å². The summed E-state index contributed by atoms with van der Waals surface area (Å²) in [6.07, 6.45) is 0. The highest BCUT2D eigenvalue weighted by atomic mass is 16.5. The molecule has 1 aliphatic heterocycles. The van der Waals surface area contributed by atoms with Gasteiger partial charge in [-0.2, -0.15) is 0 Å². The minimum Gasteiger partial charge on any atom is -0.497 e. The molecular weight excluding hydrogens is 634 g/mol. The molecule has 0 radical (unpaired) electrons. The van der Waals surface area contributed by atoms with Gasteiger partial charge in [0.2, 0.25) is 11.8 Å². The van der Waals surface area contributed by atoms with E-state index in [9.17, 15) is 0 Å². The molecule has 1 heterocycles. The minimum atomic E-state index is -1.50. The van der Waals surface area contributed by atoms with E-state index >= 15 is 14.4 Å². The molecule has 3 aliphatic rings. The molecule has 2 fully saturated rings. The van der Waals surface area contributed by atoms with Gasteiger partial charge >= 0.3 is 0 Å². The molecule has 6 nitrogen and oxygen atoms in total. The number of allylic oxidation sites excluding steroid dienone is 2.